The topological polar surface area (TPSA) is 59.1 Å². The van der Waals surface area contributed by atoms with Gasteiger partial charge in [-0.2, -0.15) is 8.78 Å². The van der Waals surface area contributed by atoms with Crippen molar-refractivity contribution in [2.75, 3.05) is 33.3 Å². The number of hydrogen-bond acceptors (Lipinski definition) is 4. The Morgan fingerprint density at radius 2 is 1.55 bits per heavy atom. The van der Waals surface area contributed by atoms with Gasteiger partial charge in [-0.1, -0.05) is 24.3 Å². The number of hydrogen-bond donors (Lipinski definition) is 0. The molecule has 0 spiro atoms. The van der Waals surface area contributed by atoms with E-state index in [1.807, 2.05) is 6.07 Å². The molecular weight excluding hydrogens is 382 g/mol. The van der Waals surface area contributed by atoms with Gasteiger partial charge in [-0.05, 0) is 30.7 Å². The first-order valence-electron chi connectivity index (χ1n) is 9.26. The Hall–Kier alpha value is -3.16. The zero-order valence-corrected chi connectivity index (χ0v) is 16.0. The molecule has 154 valence electrons. The van der Waals surface area contributed by atoms with E-state index in [0.717, 1.165) is 0 Å². The number of methoxy groups -OCH3 is 1. The van der Waals surface area contributed by atoms with E-state index in [-0.39, 0.29) is 23.0 Å². The lowest BCUT2D eigenvalue weighted by molar-refractivity contribution is -0.0516. The van der Waals surface area contributed by atoms with Crippen LogP contribution in [0.2, 0.25) is 0 Å². The van der Waals surface area contributed by atoms with Crippen LogP contribution in [-0.4, -0.2) is 61.5 Å². The van der Waals surface area contributed by atoms with Gasteiger partial charge in [0.15, 0.2) is 11.5 Å². The fraction of sp³-hybridized carbons (Fsp3) is 0.333. The molecule has 0 aromatic heterocycles. The van der Waals surface area contributed by atoms with Gasteiger partial charge in [0.05, 0.1) is 12.7 Å². The van der Waals surface area contributed by atoms with Crippen LogP contribution in [0.1, 0.15) is 27.1 Å². The summed E-state index contributed by atoms with van der Waals surface area (Å²) < 4.78 is 35.3. The van der Waals surface area contributed by atoms with Gasteiger partial charge in [-0.3, -0.25) is 9.59 Å². The van der Waals surface area contributed by atoms with Crippen LogP contribution < -0.4 is 9.47 Å². The fourth-order valence-electron chi connectivity index (χ4n) is 3.31. The molecule has 3 rings (SSSR count). The molecule has 0 saturated carbocycles. The lowest BCUT2D eigenvalue weighted by atomic mass is 10.1. The summed E-state index contributed by atoms with van der Waals surface area (Å²) in [5, 5.41) is 0. The van der Waals surface area contributed by atoms with Gasteiger partial charge in [-0.15, -0.1) is 0 Å². The Morgan fingerprint density at radius 1 is 0.897 bits per heavy atom. The Kier molecular flexibility index (Phi) is 6.64. The molecule has 0 unspecified atom stereocenters. The van der Waals surface area contributed by atoms with Gasteiger partial charge in [-0.25, -0.2) is 0 Å². The van der Waals surface area contributed by atoms with Crippen molar-refractivity contribution < 1.29 is 27.8 Å². The van der Waals surface area contributed by atoms with E-state index in [0.29, 0.717) is 38.2 Å². The number of ether oxygens (including phenoxy) is 2. The van der Waals surface area contributed by atoms with Crippen molar-refractivity contribution >= 4 is 11.8 Å². The van der Waals surface area contributed by atoms with E-state index in [1.165, 1.54) is 19.2 Å². The summed E-state index contributed by atoms with van der Waals surface area (Å²) >= 11 is 0. The normalized spacial score (nSPS) is 14.5. The fourth-order valence-corrected chi connectivity index (χ4v) is 3.31. The number of halogens is 2. The van der Waals surface area contributed by atoms with Gasteiger partial charge >= 0.3 is 6.61 Å². The monoisotopic (exact) mass is 404 g/mol. The third kappa shape index (κ3) is 4.82. The molecule has 1 aliphatic heterocycles. The average molecular weight is 404 g/mol. The van der Waals surface area contributed by atoms with Gasteiger partial charge in [0.1, 0.15) is 0 Å². The van der Waals surface area contributed by atoms with E-state index in [9.17, 15) is 18.4 Å². The smallest absolute Gasteiger partial charge is 0.387 e. The minimum Gasteiger partial charge on any atom is -0.493 e. The molecule has 2 aromatic rings. The second kappa shape index (κ2) is 9.36. The number of carbonyl (C=O) groups is 2. The van der Waals surface area contributed by atoms with Crippen molar-refractivity contribution in [2.24, 2.45) is 0 Å². The van der Waals surface area contributed by atoms with Crippen LogP contribution in [-0.2, 0) is 0 Å². The minimum absolute atomic E-state index is 0.00693. The van der Waals surface area contributed by atoms with E-state index in [1.54, 1.807) is 40.1 Å². The van der Waals surface area contributed by atoms with Crippen LogP contribution >= 0.6 is 0 Å². The molecule has 0 bridgehead atoms. The van der Waals surface area contributed by atoms with E-state index >= 15 is 0 Å². The summed E-state index contributed by atoms with van der Waals surface area (Å²) in [7, 11) is 1.32. The van der Waals surface area contributed by atoms with E-state index in [4.69, 9.17) is 4.74 Å². The molecule has 0 radical (unpaired) electrons. The molecule has 29 heavy (non-hydrogen) atoms. The molecule has 0 aliphatic carbocycles. The molecule has 2 amide bonds. The number of rotatable bonds is 5. The molecule has 0 atom stereocenters. The Morgan fingerprint density at radius 3 is 2.17 bits per heavy atom. The number of nitrogens with zero attached hydrogens (tertiary/aromatic N) is 2. The Balaban J connectivity index is 1.75. The quantitative estimate of drug-likeness (QED) is 0.768. The summed E-state index contributed by atoms with van der Waals surface area (Å²) in [5.41, 5.74) is 0.597. The number of amides is 2. The number of carbonyl (C=O) groups excluding carboxylic acids is 2. The minimum atomic E-state index is -3.08. The summed E-state index contributed by atoms with van der Waals surface area (Å²) in [6, 6.07) is 13.4. The Labute approximate surface area is 167 Å². The third-order valence-corrected chi connectivity index (χ3v) is 4.73. The van der Waals surface area contributed by atoms with Crippen molar-refractivity contribution in [3.63, 3.8) is 0 Å². The molecular formula is C21H22F2N2O4. The van der Waals surface area contributed by atoms with E-state index in [2.05, 4.69) is 4.74 Å². The van der Waals surface area contributed by atoms with Crippen molar-refractivity contribution in [3.05, 3.63) is 59.7 Å². The lowest BCUT2D eigenvalue weighted by Gasteiger charge is -2.23. The maximum Gasteiger partial charge on any atom is 0.387 e. The molecule has 0 N–H and O–H groups in total. The molecule has 2 aromatic carbocycles. The summed E-state index contributed by atoms with van der Waals surface area (Å²) in [5.74, 6) is -0.750. The van der Waals surface area contributed by atoms with Crippen molar-refractivity contribution in [3.8, 4) is 11.5 Å². The van der Waals surface area contributed by atoms with E-state index < -0.39 is 12.5 Å². The maximum absolute atomic E-state index is 13.0. The number of alkyl halides is 2. The standard InChI is InChI=1S/C21H22F2N2O4/c1-28-17-10-5-9-16(18(17)29-21(22)23)20(27)25-12-6-11-24(13-14-25)19(26)15-7-3-2-4-8-15/h2-5,7-10,21H,6,11-14H2,1H3. The number of benzene rings is 2. The maximum atomic E-state index is 13.0. The first-order valence-corrected chi connectivity index (χ1v) is 9.26. The van der Waals surface area contributed by atoms with Crippen molar-refractivity contribution in [1.29, 1.82) is 0 Å². The lowest BCUT2D eigenvalue weighted by Crippen LogP contribution is -2.37. The summed E-state index contributed by atoms with van der Waals surface area (Å²) in [4.78, 5) is 28.9. The molecule has 6 nitrogen and oxygen atoms in total. The first-order chi connectivity index (χ1) is 14.0. The SMILES string of the molecule is COc1cccc(C(=O)N2CCCN(C(=O)c3ccccc3)CC2)c1OC(F)F. The highest BCUT2D eigenvalue weighted by Crippen LogP contribution is 2.33. The van der Waals surface area contributed by atoms with Crippen LogP contribution in [0.3, 0.4) is 0 Å². The highest BCUT2D eigenvalue weighted by Gasteiger charge is 2.27. The second-order valence-corrected chi connectivity index (χ2v) is 6.52. The highest BCUT2D eigenvalue weighted by atomic mass is 19.3. The van der Waals surface area contributed by atoms with Gasteiger partial charge in [0.25, 0.3) is 11.8 Å². The Bertz CT molecular complexity index is 861. The summed E-state index contributed by atoms with van der Waals surface area (Å²) in [6.07, 6.45) is 0.583. The average Bonchev–Trinajstić information content (AvgIpc) is 2.99. The predicted molar refractivity (Wildman–Crippen MR) is 102 cm³/mol. The highest BCUT2D eigenvalue weighted by molar-refractivity contribution is 5.98. The molecule has 8 heteroatoms. The van der Waals surface area contributed by atoms with Crippen LogP contribution in [0.25, 0.3) is 0 Å². The number of para-hydroxylation sites is 1. The van der Waals surface area contributed by atoms with Gasteiger partial charge < -0.3 is 19.3 Å². The van der Waals surface area contributed by atoms with Crippen LogP contribution in [0.15, 0.2) is 48.5 Å². The largest absolute Gasteiger partial charge is 0.493 e. The first kappa shape index (κ1) is 20.6. The zero-order valence-electron chi connectivity index (χ0n) is 16.0. The summed E-state index contributed by atoms with van der Waals surface area (Å²) in [6.45, 7) is -1.52. The van der Waals surface area contributed by atoms with Crippen LogP contribution in [0, 0.1) is 0 Å². The molecule has 1 aliphatic rings. The van der Waals surface area contributed by atoms with Crippen LogP contribution in [0.4, 0.5) is 8.78 Å². The second-order valence-electron chi connectivity index (χ2n) is 6.52. The van der Waals surface area contributed by atoms with Crippen LogP contribution in [0.5, 0.6) is 11.5 Å². The van der Waals surface area contributed by atoms with Crippen molar-refractivity contribution in [1.82, 2.24) is 9.80 Å². The van der Waals surface area contributed by atoms with Gasteiger partial charge in [0.2, 0.25) is 0 Å². The van der Waals surface area contributed by atoms with Gasteiger partial charge in [0, 0.05) is 31.7 Å². The third-order valence-electron chi connectivity index (χ3n) is 4.73. The predicted octanol–water partition coefficient (Wildman–Crippen LogP) is 3.28. The molecule has 1 fully saturated rings. The molecule has 1 saturated heterocycles. The van der Waals surface area contributed by atoms with Crippen molar-refractivity contribution in [2.45, 2.75) is 13.0 Å². The zero-order chi connectivity index (χ0) is 20.8. The molecule has 1 heterocycles.